The van der Waals surface area contributed by atoms with Gasteiger partial charge in [0, 0.05) is 12.8 Å². The molecule has 0 aliphatic carbocycles. The lowest BCUT2D eigenvalue weighted by Gasteiger charge is -2.08. The van der Waals surface area contributed by atoms with Crippen molar-refractivity contribution in [1.82, 2.24) is 0 Å². The first-order chi connectivity index (χ1) is 11.5. The van der Waals surface area contributed by atoms with Crippen molar-refractivity contribution in [3.05, 3.63) is 12.2 Å². The number of methoxy groups -OCH3 is 1. The summed E-state index contributed by atoms with van der Waals surface area (Å²) >= 11 is 0. The van der Waals surface area contributed by atoms with Gasteiger partial charge in [-0.15, -0.1) is 0 Å². The van der Waals surface area contributed by atoms with Crippen molar-refractivity contribution >= 4 is 11.8 Å². The number of esters is 1. The Labute approximate surface area is 146 Å². The Balaban J connectivity index is 3.68. The van der Waals surface area contributed by atoms with Crippen LogP contribution in [0.2, 0.25) is 0 Å². The summed E-state index contributed by atoms with van der Waals surface area (Å²) in [6.45, 7) is 2.07. The molecule has 0 saturated carbocycles. The molecule has 0 radical (unpaired) electrons. The molecule has 0 aromatic heterocycles. The Hall–Kier alpha value is -1.20. The van der Waals surface area contributed by atoms with E-state index in [1.54, 1.807) is 0 Å². The summed E-state index contributed by atoms with van der Waals surface area (Å²) in [7, 11) is 1.40. The van der Waals surface area contributed by atoms with Crippen molar-refractivity contribution in [3.63, 3.8) is 0 Å². The number of carbonyl (C=O) groups excluding carboxylic acids is 2. The number of aliphatic hydroxyl groups excluding tert-OH is 2. The summed E-state index contributed by atoms with van der Waals surface area (Å²) in [5.41, 5.74) is 0. The maximum absolute atomic E-state index is 11.6. The Bertz CT molecular complexity index is 365. The van der Waals surface area contributed by atoms with Gasteiger partial charge in [0.2, 0.25) is 0 Å². The first-order valence-electron chi connectivity index (χ1n) is 9.15. The second-order valence-corrected chi connectivity index (χ2v) is 6.20. The summed E-state index contributed by atoms with van der Waals surface area (Å²) in [5, 5.41) is 19.5. The van der Waals surface area contributed by atoms with Crippen LogP contribution in [0.1, 0.15) is 77.6 Å². The van der Waals surface area contributed by atoms with Gasteiger partial charge in [0.1, 0.15) is 6.10 Å². The van der Waals surface area contributed by atoms with Gasteiger partial charge in [-0.2, -0.15) is 0 Å². The molecular formula is C19H34O5. The van der Waals surface area contributed by atoms with Crippen molar-refractivity contribution in [3.8, 4) is 0 Å². The predicted molar refractivity (Wildman–Crippen MR) is 94.6 cm³/mol. The second kappa shape index (κ2) is 15.3. The zero-order valence-electron chi connectivity index (χ0n) is 15.2. The molecular weight excluding hydrogens is 308 g/mol. The molecule has 0 saturated heterocycles. The smallest absolute Gasteiger partial charge is 0.305 e. The number of hydrogen-bond donors (Lipinski definition) is 2. The molecule has 24 heavy (non-hydrogen) atoms. The lowest BCUT2D eigenvalue weighted by Crippen LogP contribution is -2.18. The van der Waals surface area contributed by atoms with Gasteiger partial charge in [0.15, 0.2) is 5.78 Å². The van der Waals surface area contributed by atoms with Crippen LogP contribution in [0.15, 0.2) is 12.2 Å². The molecule has 0 aliphatic heterocycles. The standard InChI is InChI=1S/C19H34O5/c1-3-4-8-12-17(21)18(22)15-14-16(20)11-9-6-5-7-10-13-19(23)24-2/h14-16,18,20,22H,3-13H2,1-2H3. The van der Waals surface area contributed by atoms with E-state index in [-0.39, 0.29) is 11.8 Å². The van der Waals surface area contributed by atoms with E-state index in [2.05, 4.69) is 11.7 Å². The summed E-state index contributed by atoms with van der Waals surface area (Å²) in [4.78, 5) is 22.6. The summed E-state index contributed by atoms with van der Waals surface area (Å²) in [5.74, 6) is -0.351. The molecule has 0 fully saturated rings. The third-order valence-electron chi connectivity index (χ3n) is 3.98. The maximum Gasteiger partial charge on any atom is 0.305 e. The number of ketones is 1. The molecule has 0 aliphatic rings. The number of hydrogen-bond acceptors (Lipinski definition) is 5. The van der Waals surface area contributed by atoms with E-state index in [9.17, 15) is 19.8 Å². The van der Waals surface area contributed by atoms with Crippen LogP contribution in [0.25, 0.3) is 0 Å². The molecule has 0 aromatic carbocycles. The van der Waals surface area contributed by atoms with Crippen molar-refractivity contribution in [2.75, 3.05) is 7.11 Å². The number of aliphatic hydroxyl groups is 2. The highest BCUT2D eigenvalue weighted by molar-refractivity contribution is 5.84. The molecule has 0 aromatic rings. The summed E-state index contributed by atoms with van der Waals surface area (Å²) < 4.78 is 4.58. The largest absolute Gasteiger partial charge is 0.469 e. The van der Waals surface area contributed by atoms with E-state index in [1.807, 2.05) is 0 Å². The third-order valence-corrected chi connectivity index (χ3v) is 3.98. The SMILES string of the molecule is CCCCCC(=O)C(O)C=CC(O)CCCCCCCC(=O)OC. The van der Waals surface area contributed by atoms with Gasteiger partial charge >= 0.3 is 5.97 Å². The lowest BCUT2D eigenvalue weighted by atomic mass is 10.0. The fraction of sp³-hybridized carbons (Fsp3) is 0.789. The number of unbranched alkanes of at least 4 members (excludes halogenated alkanes) is 6. The summed E-state index contributed by atoms with van der Waals surface area (Å²) in [6.07, 6.45) is 10.2. The molecule has 140 valence electrons. The molecule has 0 spiro atoms. The normalized spacial score (nSPS) is 13.8. The highest BCUT2D eigenvalue weighted by Crippen LogP contribution is 2.10. The predicted octanol–water partition coefficient (Wildman–Crippen LogP) is 3.32. The van der Waals surface area contributed by atoms with Gasteiger partial charge < -0.3 is 14.9 Å². The van der Waals surface area contributed by atoms with Gasteiger partial charge in [0.25, 0.3) is 0 Å². The van der Waals surface area contributed by atoms with E-state index >= 15 is 0 Å². The number of ether oxygens (including phenoxy) is 1. The minimum absolute atomic E-state index is 0.168. The average Bonchev–Trinajstić information content (AvgIpc) is 2.58. The first kappa shape index (κ1) is 22.8. The molecule has 2 N–H and O–H groups in total. The molecule has 2 atom stereocenters. The molecule has 0 bridgehead atoms. The molecule has 2 unspecified atom stereocenters. The van der Waals surface area contributed by atoms with Gasteiger partial charge in [-0.05, 0) is 19.3 Å². The van der Waals surface area contributed by atoms with Gasteiger partial charge in [-0.1, -0.05) is 57.6 Å². The molecule has 0 rings (SSSR count). The van der Waals surface area contributed by atoms with E-state index in [0.717, 1.165) is 51.4 Å². The molecule has 0 amide bonds. The molecule has 0 heterocycles. The van der Waals surface area contributed by atoms with Crippen LogP contribution >= 0.6 is 0 Å². The number of Topliss-reactive ketones (excluding diaryl/α,β-unsaturated/α-hetero) is 1. The first-order valence-corrected chi connectivity index (χ1v) is 9.15. The lowest BCUT2D eigenvalue weighted by molar-refractivity contribution is -0.140. The van der Waals surface area contributed by atoms with Crippen LogP contribution in [0.3, 0.4) is 0 Å². The zero-order valence-corrected chi connectivity index (χ0v) is 15.2. The molecule has 5 nitrogen and oxygen atoms in total. The minimum atomic E-state index is -1.10. The Morgan fingerprint density at radius 2 is 1.54 bits per heavy atom. The van der Waals surface area contributed by atoms with E-state index in [4.69, 9.17) is 0 Å². The quantitative estimate of drug-likeness (QED) is 0.271. The monoisotopic (exact) mass is 342 g/mol. The van der Waals surface area contributed by atoms with Crippen molar-refractivity contribution in [2.24, 2.45) is 0 Å². The second-order valence-electron chi connectivity index (χ2n) is 6.20. The molecule has 5 heteroatoms. The minimum Gasteiger partial charge on any atom is -0.469 e. The average molecular weight is 342 g/mol. The van der Waals surface area contributed by atoms with E-state index in [1.165, 1.54) is 19.3 Å². The maximum atomic E-state index is 11.6. The van der Waals surface area contributed by atoms with Crippen LogP contribution < -0.4 is 0 Å². The van der Waals surface area contributed by atoms with Gasteiger partial charge in [0.05, 0.1) is 13.2 Å². The Morgan fingerprint density at radius 3 is 2.21 bits per heavy atom. The topological polar surface area (TPSA) is 83.8 Å². The van der Waals surface area contributed by atoms with Gasteiger partial charge in [-0.25, -0.2) is 0 Å². The van der Waals surface area contributed by atoms with Crippen LogP contribution in [0, 0.1) is 0 Å². The number of rotatable bonds is 15. The Kier molecular flexibility index (Phi) is 14.6. The highest BCUT2D eigenvalue weighted by atomic mass is 16.5. The summed E-state index contributed by atoms with van der Waals surface area (Å²) in [6, 6.07) is 0. The van der Waals surface area contributed by atoms with Crippen LogP contribution in [0.5, 0.6) is 0 Å². The zero-order chi connectivity index (χ0) is 18.2. The van der Waals surface area contributed by atoms with E-state index in [0.29, 0.717) is 19.3 Å². The van der Waals surface area contributed by atoms with Crippen LogP contribution in [0.4, 0.5) is 0 Å². The fourth-order valence-corrected chi connectivity index (χ4v) is 2.39. The van der Waals surface area contributed by atoms with Gasteiger partial charge in [-0.3, -0.25) is 9.59 Å². The van der Waals surface area contributed by atoms with Crippen molar-refractivity contribution in [2.45, 2.75) is 89.8 Å². The van der Waals surface area contributed by atoms with Crippen LogP contribution in [-0.2, 0) is 14.3 Å². The van der Waals surface area contributed by atoms with Crippen molar-refractivity contribution in [1.29, 1.82) is 0 Å². The highest BCUT2D eigenvalue weighted by Gasteiger charge is 2.11. The fourth-order valence-electron chi connectivity index (χ4n) is 2.39. The van der Waals surface area contributed by atoms with Crippen molar-refractivity contribution < 1.29 is 24.5 Å². The third kappa shape index (κ3) is 13.3. The Morgan fingerprint density at radius 1 is 0.917 bits per heavy atom. The van der Waals surface area contributed by atoms with Crippen LogP contribution in [-0.4, -0.2) is 41.3 Å². The van der Waals surface area contributed by atoms with E-state index < -0.39 is 12.2 Å². The number of carbonyl (C=O) groups is 2.